The Hall–Kier alpha value is -3.39. The topological polar surface area (TPSA) is 128 Å². The quantitative estimate of drug-likeness (QED) is 0.407. The average Bonchev–Trinajstić information content (AvgIpc) is 2.96. The lowest BCUT2D eigenvalue weighted by Crippen LogP contribution is -2.44. The highest BCUT2D eigenvalue weighted by Gasteiger charge is 2.29. The minimum Gasteiger partial charge on any atom is -0.550 e. The Balaban J connectivity index is 1.70. The van der Waals surface area contributed by atoms with Crippen LogP contribution in [0.15, 0.2) is 48.5 Å². The van der Waals surface area contributed by atoms with E-state index in [1.807, 2.05) is 36.4 Å². The van der Waals surface area contributed by atoms with Crippen LogP contribution in [-0.2, 0) is 22.6 Å². The number of nitrogens with zero attached hydrogens (tertiary/aromatic N) is 1. The fourth-order valence-electron chi connectivity index (χ4n) is 4.07. The number of nitrogens with two attached hydrogens (primary N) is 1. The molecule has 0 radical (unpaired) electrons. The lowest BCUT2D eigenvalue weighted by molar-refractivity contribution is -0.305. The van der Waals surface area contributed by atoms with Gasteiger partial charge in [-0.3, -0.25) is 9.59 Å². The van der Waals surface area contributed by atoms with Crippen LogP contribution in [0.4, 0.5) is 5.69 Å². The van der Waals surface area contributed by atoms with Gasteiger partial charge in [0.25, 0.3) is 5.91 Å². The first kappa shape index (κ1) is 25.2. The number of hydrogen-bond acceptors (Lipinski definition) is 6. The van der Waals surface area contributed by atoms with Gasteiger partial charge in [-0.15, -0.1) is 0 Å². The van der Waals surface area contributed by atoms with Crippen LogP contribution in [0.25, 0.3) is 0 Å². The van der Waals surface area contributed by atoms with Crippen molar-refractivity contribution in [1.29, 1.82) is 0 Å². The zero-order valence-corrected chi connectivity index (χ0v) is 19.4. The fraction of sp³-hybridized carbons (Fsp3) is 0.423. The van der Waals surface area contributed by atoms with E-state index in [1.165, 1.54) is 0 Å². The third kappa shape index (κ3) is 7.31. The molecule has 1 atom stereocenters. The van der Waals surface area contributed by atoms with Gasteiger partial charge in [0.2, 0.25) is 5.91 Å². The van der Waals surface area contributed by atoms with Gasteiger partial charge < -0.3 is 31.2 Å². The van der Waals surface area contributed by atoms with E-state index in [0.717, 1.165) is 36.8 Å². The standard InChI is InChI=1S/C26H34N4O4/c27-13-6-1-2-7-14-28-25(33)20-10-11-21-18-30(15-12-19-8-4-3-5-9-19)26(34)23(17-24(31)32)29-22(21)16-20/h3-5,8-11,16,23,29H,1-2,6-7,12-15,17-18,27H2,(H,28,33)(H,31,32)/p-1. The first-order valence-electron chi connectivity index (χ1n) is 11.9. The number of rotatable bonds is 12. The van der Waals surface area contributed by atoms with Crippen molar-refractivity contribution in [3.8, 4) is 0 Å². The molecule has 182 valence electrons. The SMILES string of the molecule is NCCCCCCNC(=O)c1ccc2c(c1)NC(CC(=O)[O-])C(=O)N(CCc1ccccc1)C2. The average molecular weight is 466 g/mol. The van der Waals surface area contributed by atoms with Gasteiger partial charge in [-0.25, -0.2) is 0 Å². The first-order chi connectivity index (χ1) is 16.5. The molecule has 0 bridgehead atoms. The van der Waals surface area contributed by atoms with Crippen molar-refractivity contribution in [1.82, 2.24) is 10.2 Å². The highest BCUT2D eigenvalue weighted by atomic mass is 16.4. The summed E-state index contributed by atoms with van der Waals surface area (Å²) in [7, 11) is 0. The predicted octanol–water partition coefficient (Wildman–Crippen LogP) is 1.44. The van der Waals surface area contributed by atoms with E-state index in [-0.39, 0.29) is 11.8 Å². The van der Waals surface area contributed by atoms with Crippen molar-refractivity contribution in [2.75, 3.05) is 25.0 Å². The van der Waals surface area contributed by atoms with E-state index >= 15 is 0 Å². The number of anilines is 1. The molecule has 0 fully saturated rings. The van der Waals surface area contributed by atoms with E-state index in [0.29, 0.717) is 43.9 Å². The number of carboxylic acid groups (broad SMARTS) is 1. The van der Waals surface area contributed by atoms with Crippen LogP contribution in [0.2, 0.25) is 0 Å². The number of carboxylic acids is 1. The van der Waals surface area contributed by atoms with E-state index in [2.05, 4.69) is 10.6 Å². The molecule has 2 aromatic carbocycles. The Kier molecular flexibility index (Phi) is 9.46. The van der Waals surface area contributed by atoms with Gasteiger partial charge in [-0.05, 0) is 49.1 Å². The smallest absolute Gasteiger partial charge is 0.251 e. The van der Waals surface area contributed by atoms with E-state index < -0.39 is 18.4 Å². The molecule has 0 aliphatic carbocycles. The molecule has 1 aliphatic rings. The molecule has 2 amide bonds. The predicted molar refractivity (Wildman–Crippen MR) is 129 cm³/mol. The highest BCUT2D eigenvalue weighted by molar-refractivity contribution is 5.96. The Bertz CT molecular complexity index is 980. The van der Waals surface area contributed by atoms with Gasteiger partial charge in [-0.1, -0.05) is 49.2 Å². The van der Waals surface area contributed by atoms with E-state index in [1.54, 1.807) is 17.0 Å². The molecule has 0 aromatic heterocycles. The van der Waals surface area contributed by atoms with Gasteiger partial charge in [-0.2, -0.15) is 0 Å². The van der Waals surface area contributed by atoms with Gasteiger partial charge >= 0.3 is 0 Å². The Morgan fingerprint density at radius 1 is 1.09 bits per heavy atom. The van der Waals surface area contributed by atoms with E-state index in [9.17, 15) is 19.5 Å². The molecule has 4 N–H and O–H groups in total. The maximum Gasteiger partial charge on any atom is 0.251 e. The normalized spacial score (nSPS) is 15.3. The Morgan fingerprint density at radius 2 is 1.85 bits per heavy atom. The second-order valence-corrected chi connectivity index (χ2v) is 8.60. The highest BCUT2D eigenvalue weighted by Crippen LogP contribution is 2.26. The molecule has 0 saturated heterocycles. The number of carbonyl (C=O) groups is 3. The number of hydrogen-bond donors (Lipinski definition) is 3. The summed E-state index contributed by atoms with van der Waals surface area (Å²) >= 11 is 0. The summed E-state index contributed by atoms with van der Waals surface area (Å²) in [5, 5.41) is 17.3. The Labute approximate surface area is 200 Å². The number of unbranched alkanes of at least 4 members (excludes halogenated alkanes) is 3. The molecule has 1 aliphatic heterocycles. The van der Waals surface area contributed by atoms with Crippen LogP contribution in [0.5, 0.6) is 0 Å². The molecule has 8 nitrogen and oxygen atoms in total. The number of amides is 2. The molecule has 8 heteroatoms. The molecule has 0 saturated carbocycles. The zero-order valence-electron chi connectivity index (χ0n) is 19.4. The van der Waals surface area contributed by atoms with Crippen molar-refractivity contribution < 1.29 is 19.5 Å². The third-order valence-electron chi connectivity index (χ3n) is 5.97. The molecular weight excluding hydrogens is 432 g/mol. The summed E-state index contributed by atoms with van der Waals surface area (Å²) in [6, 6.07) is 14.1. The molecule has 34 heavy (non-hydrogen) atoms. The van der Waals surface area contributed by atoms with Crippen LogP contribution in [0.3, 0.4) is 0 Å². The lowest BCUT2D eigenvalue weighted by atomic mass is 10.1. The van der Waals surface area contributed by atoms with Crippen LogP contribution in [0.1, 0.15) is 53.6 Å². The monoisotopic (exact) mass is 465 g/mol. The molecule has 1 unspecified atom stereocenters. The number of nitrogens with one attached hydrogen (secondary N) is 2. The second-order valence-electron chi connectivity index (χ2n) is 8.60. The van der Waals surface area contributed by atoms with Crippen molar-refractivity contribution in [3.63, 3.8) is 0 Å². The van der Waals surface area contributed by atoms with Crippen molar-refractivity contribution in [2.24, 2.45) is 5.73 Å². The summed E-state index contributed by atoms with van der Waals surface area (Å²) in [5.41, 5.74) is 8.48. The van der Waals surface area contributed by atoms with Crippen LogP contribution in [0, 0.1) is 0 Å². The summed E-state index contributed by atoms with van der Waals surface area (Å²) in [4.78, 5) is 38.7. The number of aliphatic carboxylic acids is 1. The molecule has 1 heterocycles. The van der Waals surface area contributed by atoms with Crippen LogP contribution in [-0.4, -0.2) is 48.4 Å². The molecular formula is C26H33N4O4-. The summed E-state index contributed by atoms with van der Waals surface area (Å²) in [6.45, 7) is 2.05. The van der Waals surface area contributed by atoms with E-state index in [4.69, 9.17) is 5.73 Å². The number of fused-ring (bicyclic) bond motifs is 1. The van der Waals surface area contributed by atoms with Crippen molar-refractivity contribution in [3.05, 3.63) is 65.2 Å². The largest absolute Gasteiger partial charge is 0.550 e. The fourth-order valence-corrected chi connectivity index (χ4v) is 4.07. The minimum atomic E-state index is -1.30. The molecule has 0 spiro atoms. The Morgan fingerprint density at radius 3 is 2.59 bits per heavy atom. The minimum absolute atomic E-state index is 0.198. The summed E-state index contributed by atoms with van der Waals surface area (Å²) < 4.78 is 0. The van der Waals surface area contributed by atoms with Gasteiger partial charge in [0.1, 0.15) is 6.04 Å². The number of carbonyl (C=O) groups excluding carboxylic acids is 3. The summed E-state index contributed by atoms with van der Waals surface area (Å²) in [6.07, 6.45) is 4.13. The maximum absolute atomic E-state index is 13.1. The zero-order chi connectivity index (χ0) is 24.3. The first-order valence-corrected chi connectivity index (χ1v) is 11.9. The van der Waals surface area contributed by atoms with Crippen LogP contribution >= 0.6 is 0 Å². The van der Waals surface area contributed by atoms with Gasteiger partial charge in [0.05, 0.1) is 0 Å². The molecule has 2 aromatic rings. The van der Waals surface area contributed by atoms with Crippen LogP contribution < -0.4 is 21.5 Å². The van der Waals surface area contributed by atoms with Gasteiger partial charge in [0.15, 0.2) is 0 Å². The third-order valence-corrected chi connectivity index (χ3v) is 5.97. The van der Waals surface area contributed by atoms with Crippen molar-refractivity contribution >= 4 is 23.5 Å². The maximum atomic E-state index is 13.1. The summed E-state index contributed by atoms with van der Waals surface area (Å²) in [5.74, 6) is -1.79. The molecule has 3 rings (SSSR count). The van der Waals surface area contributed by atoms with Crippen molar-refractivity contribution in [2.45, 2.75) is 51.1 Å². The number of benzene rings is 2. The second kappa shape index (κ2) is 12.7. The lowest BCUT2D eigenvalue weighted by Gasteiger charge is -2.25. The van der Waals surface area contributed by atoms with Gasteiger partial charge in [0, 0.05) is 43.3 Å².